The predicted molar refractivity (Wildman–Crippen MR) is 97.7 cm³/mol. The van der Waals surface area contributed by atoms with E-state index in [-0.39, 0.29) is 18.7 Å². The van der Waals surface area contributed by atoms with Crippen molar-refractivity contribution in [2.45, 2.75) is 13.2 Å². The normalized spacial score (nSPS) is 16.0. The maximum absolute atomic E-state index is 14.1. The van der Waals surface area contributed by atoms with Gasteiger partial charge in [-0.2, -0.15) is 8.78 Å². The molecule has 152 valence electrons. The molecule has 1 aromatic rings. The Hall–Kier alpha value is -3.04. The van der Waals surface area contributed by atoms with E-state index in [9.17, 15) is 18.0 Å². The molecular weight excluding hydrogens is 377 g/mol. The van der Waals surface area contributed by atoms with Crippen molar-refractivity contribution in [1.29, 1.82) is 0 Å². The van der Waals surface area contributed by atoms with Gasteiger partial charge in [0.15, 0.2) is 5.83 Å². The van der Waals surface area contributed by atoms with Crippen molar-refractivity contribution in [2.75, 3.05) is 44.6 Å². The van der Waals surface area contributed by atoms with Gasteiger partial charge in [0.1, 0.15) is 5.75 Å². The van der Waals surface area contributed by atoms with Crippen LogP contribution < -0.4 is 20.3 Å². The number of carbonyl (C=O) groups excluding carboxylic acids is 1. The van der Waals surface area contributed by atoms with Gasteiger partial charge in [0.25, 0.3) is 0 Å². The highest BCUT2D eigenvalue weighted by Gasteiger charge is 2.27. The first kappa shape index (κ1) is 19.7. The summed E-state index contributed by atoms with van der Waals surface area (Å²) in [5.41, 5.74) is 2.71. The van der Waals surface area contributed by atoms with E-state index >= 15 is 0 Å². The Morgan fingerprint density at radius 3 is 2.71 bits per heavy atom. The van der Waals surface area contributed by atoms with Gasteiger partial charge in [-0.1, -0.05) is 0 Å². The minimum absolute atomic E-state index is 0.0627. The van der Waals surface area contributed by atoms with E-state index in [2.05, 4.69) is 15.4 Å². The second-order valence-electron chi connectivity index (χ2n) is 6.42. The third kappa shape index (κ3) is 3.80. The van der Waals surface area contributed by atoms with Crippen LogP contribution in [0.5, 0.6) is 5.75 Å². The van der Waals surface area contributed by atoms with Gasteiger partial charge in [-0.05, 0) is 18.2 Å². The Morgan fingerprint density at radius 2 is 2.07 bits per heavy atom. The van der Waals surface area contributed by atoms with Crippen LogP contribution in [0.4, 0.5) is 24.5 Å². The number of carbonyl (C=O) groups is 1. The number of hydrogen-bond donors (Lipinski definition) is 2. The zero-order valence-electron chi connectivity index (χ0n) is 15.7. The largest absolute Gasteiger partial charge is 0.496 e. The summed E-state index contributed by atoms with van der Waals surface area (Å²) in [4.78, 5) is 15.6. The lowest BCUT2D eigenvalue weighted by Gasteiger charge is -2.26. The van der Waals surface area contributed by atoms with Crippen LogP contribution in [0.3, 0.4) is 0 Å². The topological polar surface area (TPSA) is 66.1 Å². The molecule has 0 bridgehead atoms. The number of likely N-dealkylation sites (N-methyl/N-ethyl adjacent to an activating group) is 1. The molecule has 2 aliphatic rings. The van der Waals surface area contributed by atoms with Crippen LogP contribution in [0.15, 0.2) is 35.5 Å². The SMILES string of the molecule is COc1ccc2c(c1CNC(=O)C1=CC(F)=C(OC(F)F)N(C)C1)N(C)CN2. The van der Waals surface area contributed by atoms with E-state index in [1.165, 1.54) is 7.05 Å². The van der Waals surface area contributed by atoms with E-state index in [0.29, 0.717) is 12.4 Å². The molecule has 28 heavy (non-hydrogen) atoms. The van der Waals surface area contributed by atoms with E-state index in [1.54, 1.807) is 13.2 Å². The summed E-state index contributed by atoms with van der Waals surface area (Å²) in [6, 6.07) is 3.70. The van der Waals surface area contributed by atoms with Crippen molar-refractivity contribution in [2.24, 2.45) is 0 Å². The molecule has 2 N–H and O–H groups in total. The third-order valence-electron chi connectivity index (χ3n) is 4.53. The molecule has 0 unspecified atom stereocenters. The molecule has 0 aromatic heterocycles. The fraction of sp³-hybridized carbons (Fsp3) is 0.389. The number of methoxy groups -OCH3 is 1. The van der Waals surface area contributed by atoms with Gasteiger partial charge in [0, 0.05) is 31.8 Å². The minimum atomic E-state index is -3.15. The second kappa shape index (κ2) is 7.91. The standard InChI is InChI=1S/C18H21F3N4O3/c1-24-8-10(6-12(19)17(24)28-18(20)21)16(26)22-7-11-14(27-3)5-4-13-15(11)25(2)9-23-13/h4-6,18,23H,7-9H2,1-3H3,(H,22,26). The number of hydrogen-bond acceptors (Lipinski definition) is 6. The van der Waals surface area contributed by atoms with Gasteiger partial charge in [0.2, 0.25) is 11.8 Å². The number of allylic oxidation sites excluding steroid dienone is 2. The van der Waals surface area contributed by atoms with Gasteiger partial charge in [-0.15, -0.1) is 0 Å². The summed E-state index contributed by atoms with van der Waals surface area (Å²) < 4.78 is 48.4. The number of fused-ring (bicyclic) bond motifs is 1. The van der Waals surface area contributed by atoms with Gasteiger partial charge in [0.05, 0.1) is 31.7 Å². The van der Waals surface area contributed by atoms with Crippen molar-refractivity contribution in [3.63, 3.8) is 0 Å². The molecule has 3 rings (SSSR count). The molecule has 2 aliphatic heterocycles. The van der Waals surface area contributed by atoms with Gasteiger partial charge < -0.3 is 29.9 Å². The monoisotopic (exact) mass is 398 g/mol. The fourth-order valence-corrected chi connectivity index (χ4v) is 3.26. The van der Waals surface area contributed by atoms with E-state index in [0.717, 1.165) is 27.9 Å². The first-order valence-corrected chi connectivity index (χ1v) is 8.51. The molecule has 0 aliphatic carbocycles. The number of benzene rings is 1. The van der Waals surface area contributed by atoms with Crippen molar-refractivity contribution in [3.05, 3.63) is 41.1 Å². The van der Waals surface area contributed by atoms with Crippen LogP contribution in [0.2, 0.25) is 0 Å². The van der Waals surface area contributed by atoms with Crippen LogP contribution >= 0.6 is 0 Å². The van der Waals surface area contributed by atoms with Crippen molar-refractivity contribution in [3.8, 4) is 5.75 Å². The Bertz CT molecular complexity index is 842. The zero-order chi connectivity index (χ0) is 20.4. The number of amides is 1. The lowest BCUT2D eigenvalue weighted by Crippen LogP contribution is -2.34. The van der Waals surface area contributed by atoms with Crippen LogP contribution in [0, 0.1) is 0 Å². The molecule has 0 atom stereocenters. The van der Waals surface area contributed by atoms with Crippen molar-refractivity contribution < 1.29 is 27.4 Å². The Balaban J connectivity index is 1.77. The molecular formula is C18H21F3N4O3. The number of alkyl halides is 2. The molecule has 0 saturated heterocycles. The highest BCUT2D eigenvalue weighted by atomic mass is 19.3. The number of halogens is 3. The zero-order valence-corrected chi connectivity index (χ0v) is 15.7. The Labute approximate surface area is 160 Å². The van der Waals surface area contributed by atoms with Gasteiger partial charge in [-0.3, -0.25) is 4.79 Å². The first-order chi connectivity index (χ1) is 13.3. The maximum Gasteiger partial charge on any atom is 0.388 e. The molecule has 10 heteroatoms. The summed E-state index contributed by atoms with van der Waals surface area (Å²) in [6.45, 7) is -2.43. The summed E-state index contributed by atoms with van der Waals surface area (Å²) in [7, 11) is 4.82. The number of nitrogens with one attached hydrogen (secondary N) is 2. The van der Waals surface area contributed by atoms with Crippen LogP contribution in [0.1, 0.15) is 5.56 Å². The van der Waals surface area contributed by atoms with Crippen LogP contribution in [0.25, 0.3) is 0 Å². The number of anilines is 2. The number of ether oxygens (including phenoxy) is 2. The summed E-state index contributed by atoms with van der Waals surface area (Å²) in [6.07, 6.45) is 0.910. The molecule has 0 saturated carbocycles. The highest BCUT2D eigenvalue weighted by Crippen LogP contribution is 2.39. The van der Waals surface area contributed by atoms with E-state index < -0.39 is 24.2 Å². The molecule has 7 nitrogen and oxygen atoms in total. The van der Waals surface area contributed by atoms with Crippen LogP contribution in [-0.4, -0.2) is 51.8 Å². The number of rotatable bonds is 6. The predicted octanol–water partition coefficient (Wildman–Crippen LogP) is 2.38. The fourth-order valence-electron chi connectivity index (χ4n) is 3.26. The summed E-state index contributed by atoms with van der Waals surface area (Å²) in [5.74, 6) is -1.52. The molecule has 2 heterocycles. The average molecular weight is 398 g/mol. The quantitative estimate of drug-likeness (QED) is 0.767. The lowest BCUT2D eigenvalue weighted by atomic mass is 10.1. The summed E-state index contributed by atoms with van der Waals surface area (Å²) in [5, 5.41) is 5.98. The van der Waals surface area contributed by atoms with Gasteiger partial charge in [-0.25, -0.2) is 4.39 Å². The Kier molecular flexibility index (Phi) is 5.57. The van der Waals surface area contributed by atoms with Gasteiger partial charge >= 0.3 is 6.61 Å². The molecule has 0 spiro atoms. The summed E-state index contributed by atoms with van der Waals surface area (Å²) >= 11 is 0. The molecule has 1 amide bonds. The average Bonchev–Trinajstić information content (AvgIpc) is 3.03. The Morgan fingerprint density at radius 1 is 1.32 bits per heavy atom. The smallest absolute Gasteiger partial charge is 0.388 e. The number of nitrogens with zero attached hydrogens (tertiary/aromatic N) is 2. The lowest BCUT2D eigenvalue weighted by molar-refractivity contribution is -0.121. The molecule has 0 radical (unpaired) electrons. The highest BCUT2D eigenvalue weighted by molar-refractivity contribution is 5.95. The second-order valence-corrected chi connectivity index (χ2v) is 6.42. The third-order valence-corrected chi connectivity index (χ3v) is 4.53. The van der Waals surface area contributed by atoms with E-state index in [4.69, 9.17) is 4.74 Å². The minimum Gasteiger partial charge on any atom is -0.496 e. The van der Waals surface area contributed by atoms with Crippen molar-refractivity contribution >= 4 is 17.3 Å². The maximum atomic E-state index is 14.1. The van der Waals surface area contributed by atoms with Crippen LogP contribution in [-0.2, 0) is 16.1 Å². The molecule has 0 fully saturated rings. The first-order valence-electron chi connectivity index (χ1n) is 8.51. The van der Waals surface area contributed by atoms with E-state index in [1.807, 2.05) is 18.0 Å². The van der Waals surface area contributed by atoms with Crippen molar-refractivity contribution in [1.82, 2.24) is 10.2 Å². The molecule has 1 aromatic carbocycles.